The Labute approximate surface area is 136 Å². The second-order valence-electron chi connectivity index (χ2n) is 5.62. The lowest BCUT2D eigenvalue weighted by Crippen LogP contribution is -2.41. The summed E-state index contributed by atoms with van der Waals surface area (Å²) in [5, 5.41) is 0. The molecule has 0 N–H and O–H groups in total. The number of carbonyl (C=O) groups excluding carboxylic acids is 1. The fourth-order valence-electron chi connectivity index (χ4n) is 2.86. The van der Waals surface area contributed by atoms with Crippen molar-refractivity contribution in [3.8, 4) is 11.5 Å². The lowest BCUT2D eigenvalue weighted by molar-refractivity contribution is 0.0592. The average molecular weight is 311 g/mol. The monoisotopic (exact) mass is 311 g/mol. The molecular formula is C19H21NO3. The van der Waals surface area contributed by atoms with Gasteiger partial charge in [-0.15, -0.1) is 0 Å². The number of hydrogen-bond donors (Lipinski definition) is 0. The van der Waals surface area contributed by atoms with Crippen LogP contribution in [0.4, 0.5) is 0 Å². The number of likely N-dealkylation sites (tertiary alicyclic amines) is 1. The zero-order chi connectivity index (χ0) is 16.1. The number of nitrogens with zero attached hydrogens (tertiary/aromatic N) is 1. The van der Waals surface area contributed by atoms with Gasteiger partial charge in [-0.1, -0.05) is 30.3 Å². The SMILES string of the molecule is COc1ccccc1C(=O)N1CCC(Oc2ccccc2)CC1. The highest BCUT2D eigenvalue weighted by molar-refractivity contribution is 5.97. The van der Waals surface area contributed by atoms with E-state index in [1.165, 1.54) is 0 Å². The number of carbonyl (C=O) groups is 1. The van der Waals surface area contributed by atoms with Crippen molar-refractivity contribution in [2.75, 3.05) is 20.2 Å². The van der Waals surface area contributed by atoms with Gasteiger partial charge in [0.15, 0.2) is 0 Å². The summed E-state index contributed by atoms with van der Waals surface area (Å²) in [5.74, 6) is 1.54. The molecule has 4 heteroatoms. The predicted molar refractivity (Wildman–Crippen MR) is 89.0 cm³/mol. The van der Waals surface area contributed by atoms with Crippen LogP contribution in [0.5, 0.6) is 11.5 Å². The van der Waals surface area contributed by atoms with Crippen LogP contribution in [0.3, 0.4) is 0 Å². The molecule has 0 unspecified atom stereocenters. The van der Waals surface area contributed by atoms with Gasteiger partial charge in [0.2, 0.25) is 0 Å². The number of methoxy groups -OCH3 is 1. The minimum absolute atomic E-state index is 0.0283. The molecule has 3 rings (SSSR count). The molecule has 1 amide bonds. The summed E-state index contributed by atoms with van der Waals surface area (Å²) in [6, 6.07) is 17.2. The van der Waals surface area contributed by atoms with Crippen LogP contribution in [0.2, 0.25) is 0 Å². The molecule has 4 nitrogen and oxygen atoms in total. The first kappa shape index (κ1) is 15.4. The molecule has 2 aromatic carbocycles. The van der Waals surface area contributed by atoms with E-state index in [1.54, 1.807) is 7.11 Å². The maximum absolute atomic E-state index is 12.6. The molecule has 1 aliphatic rings. The van der Waals surface area contributed by atoms with E-state index in [9.17, 15) is 4.79 Å². The number of hydrogen-bond acceptors (Lipinski definition) is 3. The zero-order valence-electron chi connectivity index (χ0n) is 13.3. The summed E-state index contributed by atoms with van der Waals surface area (Å²) in [6.45, 7) is 1.41. The van der Waals surface area contributed by atoms with E-state index < -0.39 is 0 Å². The Morgan fingerprint density at radius 1 is 1.00 bits per heavy atom. The fourth-order valence-corrected chi connectivity index (χ4v) is 2.86. The molecule has 1 aliphatic heterocycles. The Bertz CT molecular complexity index is 649. The highest BCUT2D eigenvalue weighted by Gasteiger charge is 2.26. The van der Waals surface area contributed by atoms with E-state index in [0.29, 0.717) is 24.4 Å². The number of rotatable bonds is 4. The topological polar surface area (TPSA) is 38.8 Å². The summed E-state index contributed by atoms with van der Waals surface area (Å²) in [4.78, 5) is 14.5. The van der Waals surface area contributed by atoms with Crippen LogP contribution in [-0.4, -0.2) is 37.1 Å². The quantitative estimate of drug-likeness (QED) is 0.869. The molecule has 0 aromatic heterocycles. The number of benzene rings is 2. The average Bonchev–Trinajstić information content (AvgIpc) is 2.62. The number of ether oxygens (including phenoxy) is 2. The molecule has 0 saturated carbocycles. The molecule has 23 heavy (non-hydrogen) atoms. The number of amides is 1. The third-order valence-corrected chi connectivity index (χ3v) is 4.11. The maximum Gasteiger partial charge on any atom is 0.257 e. The zero-order valence-corrected chi connectivity index (χ0v) is 13.3. The van der Waals surface area contributed by atoms with Gasteiger partial charge in [-0.2, -0.15) is 0 Å². The van der Waals surface area contributed by atoms with Crippen LogP contribution in [0.25, 0.3) is 0 Å². The van der Waals surface area contributed by atoms with Crippen molar-refractivity contribution in [1.29, 1.82) is 0 Å². The van der Waals surface area contributed by atoms with Crippen LogP contribution in [-0.2, 0) is 0 Å². The highest BCUT2D eigenvalue weighted by atomic mass is 16.5. The second kappa shape index (κ2) is 7.18. The first-order valence-electron chi connectivity index (χ1n) is 7.92. The normalized spacial score (nSPS) is 15.3. The maximum atomic E-state index is 12.6. The molecule has 0 atom stereocenters. The van der Waals surface area contributed by atoms with E-state index in [4.69, 9.17) is 9.47 Å². The van der Waals surface area contributed by atoms with Gasteiger partial charge in [-0.05, 0) is 24.3 Å². The predicted octanol–water partition coefficient (Wildman–Crippen LogP) is 3.38. The third kappa shape index (κ3) is 3.65. The van der Waals surface area contributed by atoms with Gasteiger partial charge in [-0.3, -0.25) is 4.79 Å². The molecular weight excluding hydrogens is 290 g/mol. The second-order valence-corrected chi connectivity index (χ2v) is 5.62. The van der Waals surface area contributed by atoms with Crippen molar-refractivity contribution >= 4 is 5.91 Å². The Morgan fingerprint density at radius 3 is 2.35 bits per heavy atom. The Morgan fingerprint density at radius 2 is 1.65 bits per heavy atom. The lowest BCUT2D eigenvalue weighted by Gasteiger charge is -2.32. The minimum atomic E-state index is 0.0283. The third-order valence-electron chi connectivity index (χ3n) is 4.11. The highest BCUT2D eigenvalue weighted by Crippen LogP contribution is 2.23. The molecule has 1 heterocycles. The fraction of sp³-hybridized carbons (Fsp3) is 0.316. The smallest absolute Gasteiger partial charge is 0.257 e. The van der Waals surface area contributed by atoms with Crippen molar-refractivity contribution in [1.82, 2.24) is 4.90 Å². The van der Waals surface area contributed by atoms with Gasteiger partial charge in [0, 0.05) is 25.9 Å². The lowest BCUT2D eigenvalue weighted by atomic mass is 10.1. The first-order chi connectivity index (χ1) is 11.3. The Hall–Kier alpha value is -2.49. The van der Waals surface area contributed by atoms with Crippen molar-refractivity contribution in [2.24, 2.45) is 0 Å². The van der Waals surface area contributed by atoms with E-state index in [0.717, 1.165) is 18.6 Å². The van der Waals surface area contributed by atoms with Crippen molar-refractivity contribution in [3.05, 3.63) is 60.2 Å². The number of piperidine rings is 1. The van der Waals surface area contributed by atoms with Gasteiger partial charge in [0.1, 0.15) is 17.6 Å². The molecule has 0 aliphatic carbocycles. The van der Waals surface area contributed by atoms with Crippen molar-refractivity contribution < 1.29 is 14.3 Å². The Balaban J connectivity index is 1.59. The van der Waals surface area contributed by atoms with E-state index in [-0.39, 0.29) is 12.0 Å². The van der Waals surface area contributed by atoms with E-state index in [2.05, 4.69) is 0 Å². The van der Waals surface area contributed by atoms with E-state index >= 15 is 0 Å². The largest absolute Gasteiger partial charge is 0.496 e. The molecule has 0 spiro atoms. The Kier molecular flexibility index (Phi) is 4.81. The van der Waals surface area contributed by atoms with Gasteiger partial charge < -0.3 is 14.4 Å². The molecule has 1 saturated heterocycles. The van der Waals surface area contributed by atoms with Crippen LogP contribution >= 0.6 is 0 Å². The van der Waals surface area contributed by atoms with Gasteiger partial charge in [0.05, 0.1) is 12.7 Å². The van der Waals surface area contributed by atoms with Crippen LogP contribution < -0.4 is 9.47 Å². The van der Waals surface area contributed by atoms with Gasteiger partial charge in [-0.25, -0.2) is 0 Å². The summed E-state index contributed by atoms with van der Waals surface area (Å²) in [5.41, 5.74) is 0.623. The summed E-state index contributed by atoms with van der Waals surface area (Å²) in [6.07, 6.45) is 1.85. The molecule has 120 valence electrons. The van der Waals surface area contributed by atoms with Gasteiger partial charge >= 0.3 is 0 Å². The summed E-state index contributed by atoms with van der Waals surface area (Å²) in [7, 11) is 1.59. The first-order valence-corrected chi connectivity index (χ1v) is 7.92. The summed E-state index contributed by atoms with van der Waals surface area (Å²) >= 11 is 0. The van der Waals surface area contributed by atoms with Crippen molar-refractivity contribution in [2.45, 2.75) is 18.9 Å². The molecule has 0 bridgehead atoms. The van der Waals surface area contributed by atoms with Crippen LogP contribution in [0.1, 0.15) is 23.2 Å². The van der Waals surface area contributed by atoms with Crippen LogP contribution in [0, 0.1) is 0 Å². The summed E-state index contributed by atoms with van der Waals surface area (Å²) < 4.78 is 11.3. The van der Waals surface area contributed by atoms with Crippen LogP contribution in [0.15, 0.2) is 54.6 Å². The van der Waals surface area contributed by atoms with Crippen molar-refractivity contribution in [3.63, 3.8) is 0 Å². The minimum Gasteiger partial charge on any atom is -0.496 e. The van der Waals surface area contributed by atoms with Gasteiger partial charge in [0.25, 0.3) is 5.91 Å². The molecule has 0 radical (unpaired) electrons. The number of para-hydroxylation sites is 2. The van der Waals surface area contributed by atoms with E-state index in [1.807, 2.05) is 59.5 Å². The standard InChI is InChI=1S/C19H21NO3/c1-22-18-10-6-5-9-17(18)19(21)20-13-11-16(12-14-20)23-15-7-3-2-4-8-15/h2-10,16H,11-14H2,1H3. The molecule has 1 fully saturated rings. The molecule has 2 aromatic rings.